The molecular formula is C8H11MoO6-. The molecule has 1 aliphatic carbocycles. The topological polar surface area (TPSA) is 93.1 Å². The third kappa shape index (κ3) is 5.62. The zero-order valence-electron chi connectivity index (χ0n) is 7.84. The Morgan fingerprint density at radius 2 is 1.67 bits per heavy atom. The van der Waals surface area contributed by atoms with E-state index in [-0.39, 0.29) is 27.2 Å². The van der Waals surface area contributed by atoms with Crippen LogP contribution in [0, 0.1) is 6.10 Å². The fourth-order valence-corrected chi connectivity index (χ4v) is 1.40. The van der Waals surface area contributed by atoms with E-state index in [0.29, 0.717) is 31.8 Å². The Hall–Kier alpha value is -0.772. The van der Waals surface area contributed by atoms with Crippen LogP contribution in [0.4, 0.5) is 9.59 Å². The van der Waals surface area contributed by atoms with Crippen molar-refractivity contribution < 1.29 is 50.3 Å². The summed E-state index contributed by atoms with van der Waals surface area (Å²) in [6.07, 6.45) is -0.648. The molecule has 0 atom stereocenters. The molecule has 1 fully saturated rings. The molecule has 15 heavy (non-hydrogen) atoms. The van der Waals surface area contributed by atoms with Crippen molar-refractivity contribution in [1.29, 1.82) is 0 Å². The summed E-state index contributed by atoms with van der Waals surface area (Å²) in [4.78, 5) is 20.3. The molecule has 2 N–H and O–H groups in total. The van der Waals surface area contributed by atoms with Gasteiger partial charge in [-0.05, 0) is 12.8 Å². The van der Waals surface area contributed by atoms with Gasteiger partial charge < -0.3 is 19.7 Å². The van der Waals surface area contributed by atoms with E-state index in [1.54, 1.807) is 0 Å². The quantitative estimate of drug-likeness (QED) is 0.459. The van der Waals surface area contributed by atoms with Crippen molar-refractivity contribution in [1.82, 2.24) is 0 Å². The third-order valence-corrected chi connectivity index (χ3v) is 1.99. The number of carbonyl (C=O) groups is 2. The molecule has 0 aromatic carbocycles. The SMILES string of the molecule is O=C(O)O[C-]1CCC(OC(=O)O)CC1.[Mo]. The van der Waals surface area contributed by atoms with Crippen molar-refractivity contribution in [3.8, 4) is 0 Å². The smallest absolute Gasteiger partial charge is 0.506 e. The molecule has 0 aliphatic heterocycles. The summed E-state index contributed by atoms with van der Waals surface area (Å²) in [7, 11) is 0. The molecule has 86 valence electrons. The van der Waals surface area contributed by atoms with Crippen LogP contribution in [0.5, 0.6) is 0 Å². The normalized spacial score (nSPS) is 17.6. The molecule has 0 spiro atoms. The van der Waals surface area contributed by atoms with Crippen LogP contribution in [0.1, 0.15) is 25.7 Å². The summed E-state index contributed by atoms with van der Waals surface area (Å²) >= 11 is 0. The average Bonchev–Trinajstić information content (AvgIpc) is 2.06. The molecule has 0 aromatic heterocycles. The van der Waals surface area contributed by atoms with Gasteiger partial charge in [0.05, 0.1) is 0 Å². The number of rotatable bonds is 2. The molecule has 6 nitrogen and oxygen atoms in total. The molecule has 0 heterocycles. The van der Waals surface area contributed by atoms with Gasteiger partial charge in [-0.1, -0.05) is 0 Å². The van der Waals surface area contributed by atoms with Crippen molar-refractivity contribution in [2.24, 2.45) is 0 Å². The van der Waals surface area contributed by atoms with Crippen LogP contribution in [0.25, 0.3) is 0 Å². The van der Waals surface area contributed by atoms with Crippen molar-refractivity contribution in [3.05, 3.63) is 6.10 Å². The summed E-state index contributed by atoms with van der Waals surface area (Å²) in [6, 6.07) is 0. The van der Waals surface area contributed by atoms with Gasteiger partial charge in [-0.15, -0.1) is 18.9 Å². The van der Waals surface area contributed by atoms with Gasteiger partial charge in [0.2, 0.25) is 0 Å². The second-order valence-electron chi connectivity index (χ2n) is 2.99. The Morgan fingerprint density at radius 1 is 1.13 bits per heavy atom. The summed E-state index contributed by atoms with van der Waals surface area (Å²) in [5.74, 6) is 0. The molecule has 0 amide bonds. The van der Waals surface area contributed by atoms with E-state index in [2.05, 4.69) is 9.47 Å². The Bertz CT molecular complexity index is 199. The first kappa shape index (κ1) is 14.2. The maximum Gasteiger partial charge on any atom is 0.506 e. The first-order valence-corrected chi connectivity index (χ1v) is 4.23. The Balaban J connectivity index is 0.00000196. The first-order valence-electron chi connectivity index (χ1n) is 4.23. The molecule has 0 unspecified atom stereocenters. The van der Waals surface area contributed by atoms with Crippen molar-refractivity contribution in [2.45, 2.75) is 31.8 Å². The standard InChI is InChI=1S/C8H11O6.Mo/c9-7(10)13-5-1-2-6(4-3-5)14-8(11)12;/h5H,1-4H2,(H,9,10)(H,11,12);/q-1;. The van der Waals surface area contributed by atoms with Crippen LogP contribution in [0.3, 0.4) is 0 Å². The molecule has 1 rings (SSSR count). The fourth-order valence-electron chi connectivity index (χ4n) is 1.40. The zero-order chi connectivity index (χ0) is 10.6. The monoisotopic (exact) mass is 301 g/mol. The summed E-state index contributed by atoms with van der Waals surface area (Å²) in [5, 5.41) is 16.6. The van der Waals surface area contributed by atoms with Crippen molar-refractivity contribution >= 4 is 12.3 Å². The average molecular weight is 299 g/mol. The molecule has 0 aromatic rings. The number of hydrogen-bond donors (Lipinski definition) is 2. The van der Waals surface area contributed by atoms with Gasteiger partial charge in [0.25, 0.3) is 0 Å². The molecule has 7 heteroatoms. The molecular weight excluding hydrogens is 288 g/mol. The van der Waals surface area contributed by atoms with Crippen molar-refractivity contribution in [2.75, 3.05) is 0 Å². The van der Waals surface area contributed by atoms with Gasteiger partial charge in [-0.2, -0.15) is 0 Å². The minimum absolute atomic E-state index is 0. The number of carboxylic acid groups (broad SMARTS) is 2. The maximum atomic E-state index is 10.2. The van der Waals surface area contributed by atoms with E-state index in [1.165, 1.54) is 0 Å². The Labute approximate surface area is 101 Å². The number of hydrogen-bond acceptors (Lipinski definition) is 4. The third-order valence-electron chi connectivity index (χ3n) is 1.99. The molecule has 1 aliphatic rings. The fraction of sp³-hybridized carbons (Fsp3) is 0.625. The predicted molar refractivity (Wildman–Crippen MR) is 43.7 cm³/mol. The van der Waals surface area contributed by atoms with Crippen LogP contribution in [0.2, 0.25) is 0 Å². The van der Waals surface area contributed by atoms with Gasteiger partial charge >= 0.3 is 12.3 Å². The van der Waals surface area contributed by atoms with Gasteiger partial charge in [-0.3, -0.25) is 0 Å². The van der Waals surface area contributed by atoms with Gasteiger partial charge in [0, 0.05) is 21.1 Å². The van der Waals surface area contributed by atoms with E-state index in [9.17, 15) is 9.59 Å². The zero-order valence-corrected chi connectivity index (χ0v) is 9.85. The van der Waals surface area contributed by atoms with Gasteiger partial charge in [0.15, 0.2) is 0 Å². The van der Waals surface area contributed by atoms with Crippen LogP contribution in [-0.2, 0) is 30.5 Å². The van der Waals surface area contributed by atoms with E-state index >= 15 is 0 Å². The molecule has 0 bridgehead atoms. The van der Waals surface area contributed by atoms with Gasteiger partial charge in [0.1, 0.15) is 6.10 Å². The van der Waals surface area contributed by atoms with E-state index in [4.69, 9.17) is 10.2 Å². The Morgan fingerprint density at radius 3 is 2.07 bits per heavy atom. The second-order valence-corrected chi connectivity index (χ2v) is 2.99. The van der Waals surface area contributed by atoms with E-state index in [1.807, 2.05) is 0 Å². The minimum Gasteiger partial charge on any atom is -0.603 e. The molecule has 0 saturated heterocycles. The van der Waals surface area contributed by atoms with E-state index in [0.717, 1.165) is 0 Å². The van der Waals surface area contributed by atoms with Crippen LogP contribution in [0.15, 0.2) is 0 Å². The second kappa shape index (κ2) is 6.66. The van der Waals surface area contributed by atoms with Crippen LogP contribution in [-0.4, -0.2) is 28.6 Å². The first-order chi connectivity index (χ1) is 6.58. The van der Waals surface area contributed by atoms with Gasteiger partial charge in [-0.25, -0.2) is 9.59 Å². The summed E-state index contributed by atoms with van der Waals surface area (Å²) in [5.41, 5.74) is 0. The maximum absolute atomic E-state index is 10.2. The van der Waals surface area contributed by atoms with E-state index < -0.39 is 12.3 Å². The number of ether oxygens (including phenoxy) is 2. The van der Waals surface area contributed by atoms with Crippen molar-refractivity contribution in [3.63, 3.8) is 0 Å². The summed E-state index contributed by atoms with van der Waals surface area (Å²) in [6.45, 7) is 0. The molecule has 0 radical (unpaired) electrons. The minimum atomic E-state index is -1.32. The summed E-state index contributed by atoms with van der Waals surface area (Å²) < 4.78 is 9.02. The van der Waals surface area contributed by atoms with Crippen LogP contribution >= 0.6 is 0 Å². The predicted octanol–water partition coefficient (Wildman–Crippen LogP) is 1.85. The Kier molecular flexibility index (Phi) is 6.32. The largest absolute Gasteiger partial charge is 0.603 e. The van der Waals surface area contributed by atoms with Crippen LogP contribution < -0.4 is 0 Å². The molecule has 1 saturated carbocycles.